The summed E-state index contributed by atoms with van der Waals surface area (Å²) in [6.07, 6.45) is 3.70. The molecule has 166 valence electrons. The maximum Gasteiger partial charge on any atom is 0.338 e. The molecule has 0 atom stereocenters. The predicted molar refractivity (Wildman–Crippen MR) is 114 cm³/mol. The summed E-state index contributed by atoms with van der Waals surface area (Å²) in [6.45, 7) is 0.381. The smallest absolute Gasteiger partial charge is 0.338 e. The Morgan fingerprint density at radius 2 is 1.65 bits per heavy atom. The summed E-state index contributed by atoms with van der Waals surface area (Å²) in [4.78, 5) is 36.2. The summed E-state index contributed by atoms with van der Waals surface area (Å²) in [5.41, 5.74) is 4.49. The van der Waals surface area contributed by atoms with E-state index in [1.54, 1.807) is 17.5 Å². The number of esters is 1. The van der Waals surface area contributed by atoms with Gasteiger partial charge >= 0.3 is 5.97 Å². The lowest BCUT2D eigenvalue weighted by atomic mass is 10.2. The Kier molecular flexibility index (Phi) is 7.77. The number of ether oxygens (including phenoxy) is 1. The SMILES string of the molecule is O=C(COC(=O)c1ccc(S(=O)(=O)N2CCCCCC2)cc1)NNC(=O)c1cccs1. The molecule has 2 N–H and O–H groups in total. The molecule has 2 aromatic rings. The van der Waals surface area contributed by atoms with Crippen LogP contribution in [0, 0.1) is 0 Å². The van der Waals surface area contributed by atoms with Crippen LogP contribution in [0.25, 0.3) is 0 Å². The number of amides is 2. The number of rotatable bonds is 6. The van der Waals surface area contributed by atoms with E-state index in [0.717, 1.165) is 25.7 Å². The number of hydrogen-bond acceptors (Lipinski definition) is 7. The highest BCUT2D eigenvalue weighted by Gasteiger charge is 2.25. The molecule has 0 radical (unpaired) electrons. The minimum Gasteiger partial charge on any atom is -0.452 e. The van der Waals surface area contributed by atoms with E-state index in [1.807, 2.05) is 0 Å². The molecule has 1 aromatic heterocycles. The Bertz CT molecular complexity index is 1010. The topological polar surface area (TPSA) is 122 Å². The van der Waals surface area contributed by atoms with Gasteiger partial charge in [0, 0.05) is 13.1 Å². The summed E-state index contributed by atoms with van der Waals surface area (Å²) in [7, 11) is -3.61. The van der Waals surface area contributed by atoms with Gasteiger partial charge in [-0.3, -0.25) is 20.4 Å². The third-order valence-corrected chi connectivity index (χ3v) is 7.47. The zero-order valence-electron chi connectivity index (χ0n) is 16.7. The van der Waals surface area contributed by atoms with Crippen LogP contribution in [-0.2, 0) is 19.6 Å². The first-order chi connectivity index (χ1) is 14.9. The molecule has 9 nitrogen and oxygen atoms in total. The summed E-state index contributed by atoms with van der Waals surface area (Å²) in [5.74, 6) is -1.96. The first-order valence-corrected chi connectivity index (χ1v) is 12.1. The average molecular weight is 466 g/mol. The Balaban J connectivity index is 1.50. The van der Waals surface area contributed by atoms with Gasteiger partial charge in [0.2, 0.25) is 10.0 Å². The van der Waals surface area contributed by atoms with Crippen molar-refractivity contribution in [1.29, 1.82) is 0 Å². The predicted octanol–water partition coefficient (Wildman–Crippen LogP) is 1.93. The van der Waals surface area contributed by atoms with Crippen molar-refractivity contribution in [3.63, 3.8) is 0 Å². The maximum absolute atomic E-state index is 12.8. The van der Waals surface area contributed by atoms with E-state index in [0.29, 0.717) is 18.0 Å². The van der Waals surface area contributed by atoms with Gasteiger partial charge in [-0.15, -0.1) is 11.3 Å². The van der Waals surface area contributed by atoms with Crippen molar-refractivity contribution in [2.45, 2.75) is 30.6 Å². The van der Waals surface area contributed by atoms with Crippen molar-refractivity contribution in [3.05, 3.63) is 52.2 Å². The Hall–Kier alpha value is -2.76. The monoisotopic (exact) mass is 465 g/mol. The Morgan fingerprint density at radius 3 is 2.26 bits per heavy atom. The standard InChI is InChI=1S/C20H23N3O6S2/c24-18(21-22-19(25)17-6-5-13-30-17)14-29-20(26)15-7-9-16(10-8-15)31(27,28)23-11-3-1-2-4-12-23/h5-10,13H,1-4,11-12,14H2,(H,21,24)(H,22,25). The fourth-order valence-corrected chi connectivity index (χ4v) is 5.18. The van der Waals surface area contributed by atoms with Crippen LogP contribution in [-0.4, -0.2) is 50.2 Å². The molecule has 1 fully saturated rings. The van der Waals surface area contributed by atoms with Crippen molar-refractivity contribution >= 4 is 39.1 Å². The van der Waals surface area contributed by atoms with Gasteiger partial charge in [0.05, 0.1) is 15.3 Å². The van der Waals surface area contributed by atoms with Gasteiger partial charge < -0.3 is 4.74 Å². The summed E-state index contributed by atoms with van der Waals surface area (Å²) in [5, 5.41) is 1.73. The number of thiophene rings is 1. The molecule has 0 bridgehead atoms. The van der Waals surface area contributed by atoms with Crippen LogP contribution in [0.4, 0.5) is 0 Å². The number of hydrazine groups is 1. The number of nitrogens with one attached hydrogen (secondary N) is 2. The Labute approximate surface area is 184 Å². The Morgan fingerprint density at radius 1 is 0.968 bits per heavy atom. The largest absolute Gasteiger partial charge is 0.452 e. The molecule has 2 heterocycles. The van der Waals surface area contributed by atoms with Crippen LogP contribution in [0.5, 0.6) is 0 Å². The average Bonchev–Trinajstić information content (AvgIpc) is 3.17. The normalized spacial score (nSPS) is 15.0. The molecule has 1 aromatic carbocycles. The van der Waals surface area contributed by atoms with Crippen LogP contribution < -0.4 is 10.9 Å². The second-order valence-corrected chi connectivity index (χ2v) is 9.78. The number of sulfonamides is 1. The first-order valence-electron chi connectivity index (χ1n) is 9.78. The van der Waals surface area contributed by atoms with E-state index in [1.165, 1.54) is 39.9 Å². The molecule has 3 rings (SSSR count). The van der Waals surface area contributed by atoms with Crippen molar-refractivity contribution in [3.8, 4) is 0 Å². The highest BCUT2D eigenvalue weighted by atomic mass is 32.2. The lowest BCUT2D eigenvalue weighted by Gasteiger charge is -2.19. The number of carbonyl (C=O) groups is 3. The quantitative estimate of drug-likeness (QED) is 0.497. The molecule has 11 heteroatoms. The maximum atomic E-state index is 12.8. The van der Waals surface area contributed by atoms with E-state index in [-0.39, 0.29) is 10.5 Å². The molecule has 31 heavy (non-hydrogen) atoms. The fraction of sp³-hybridized carbons (Fsp3) is 0.350. The van der Waals surface area contributed by atoms with Crippen LogP contribution >= 0.6 is 11.3 Å². The van der Waals surface area contributed by atoms with Crippen molar-refractivity contribution in [2.75, 3.05) is 19.7 Å². The number of nitrogens with zero attached hydrogens (tertiary/aromatic N) is 1. The third kappa shape index (κ3) is 6.12. The minimum atomic E-state index is -3.61. The molecule has 1 saturated heterocycles. The molecule has 1 aliphatic rings. The third-order valence-electron chi connectivity index (χ3n) is 4.69. The molecular weight excluding hydrogens is 442 g/mol. The zero-order chi connectivity index (χ0) is 22.3. The fourth-order valence-electron chi connectivity index (χ4n) is 3.04. The van der Waals surface area contributed by atoms with E-state index >= 15 is 0 Å². The summed E-state index contributed by atoms with van der Waals surface area (Å²) in [6, 6.07) is 8.72. The van der Waals surface area contributed by atoms with E-state index < -0.39 is 34.4 Å². The van der Waals surface area contributed by atoms with Crippen LogP contribution in [0.1, 0.15) is 45.7 Å². The van der Waals surface area contributed by atoms with Gasteiger partial charge in [0.25, 0.3) is 11.8 Å². The van der Waals surface area contributed by atoms with Gasteiger partial charge in [0.15, 0.2) is 6.61 Å². The molecule has 0 aliphatic carbocycles. The second-order valence-electron chi connectivity index (χ2n) is 6.90. The van der Waals surface area contributed by atoms with Crippen molar-refractivity contribution in [2.24, 2.45) is 0 Å². The first kappa shape index (κ1) is 22.9. The molecule has 0 unspecified atom stereocenters. The van der Waals surface area contributed by atoms with Gasteiger partial charge in [0.1, 0.15) is 0 Å². The zero-order valence-corrected chi connectivity index (χ0v) is 18.3. The van der Waals surface area contributed by atoms with Gasteiger partial charge in [-0.05, 0) is 48.6 Å². The van der Waals surface area contributed by atoms with E-state index in [2.05, 4.69) is 10.9 Å². The number of carbonyl (C=O) groups excluding carboxylic acids is 3. The molecular formula is C20H23N3O6S2. The van der Waals surface area contributed by atoms with Gasteiger partial charge in [-0.1, -0.05) is 18.9 Å². The molecule has 0 spiro atoms. The van der Waals surface area contributed by atoms with Crippen molar-refractivity contribution in [1.82, 2.24) is 15.2 Å². The highest BCUT2D eigenvalue weighted by Crippen LogP contribution is 2.20. The summed E-state index contributed by atoms with van der Waals surface area (Å²) >= 11 is 1.22. The minimum absolute atomic E-state index is 0.111. The molecule has 2 amide bonds. The van der Waals surface area contributed by atoms with Gasteiger partial charge in [-0.2, -0.15) is 4.31 Å². The van der Waals surface area contributed by atoms with E-state index in [4.69, 9.17) is 4.74 Å². The number of benzene rings is 1. The van der Waals surface area contributed by atoms with Crippen LogP contribution in [0.3, 0.4) is 0 Å². The summed E-state index contributed by atoms with van der Waals surface area (Å²) < 4.78 is 31.9. The number of hydrogen-bond donors (Lipinski definition) is 2. The molecule has 0 saturated carbocycles. The van der Waals surface area contributed by atoms with Crippen LogP contribution in [0.2, 0.25) is 0 Å². The lowest BCUT2D eigenvalue weighted by Crippen LogP contribution is -2.43. The van der Waals surface area contributed by atoms with Gasteiger partial charge in [-0.25, -0.2) is 13.2 Å². The highest BCUT2D eigenvalue weighted by molar-refractivity contribution is 7.89. The lowest BCUT2D eigenvalue weighted by molar-refractivity contribution is -0.125. The second kappa shape index (κ2) is 10.5. The van der Waals surface area contributed by atoms with E-state index in [9.17, 15) is 22.8 Å². The molecule has 1 aliphatic heterocycles. The van der Waals surface area contributed by atoms with Crippen LogP contribution in [0.15, 0.2) is 46.7 Å². The van der Waals surface area contributed by atoms with Crippen molar-refractivity contribution < 1.29 is 27.5 Å².